The van der Waals surface area contributed by atoms with Gasteiger partial charge in [0.25, 0.3) is 0 Å². The Balaban J connectivity index is 1.84. The van der Waals surface area contributed by atoms with Crippen molar-refractivity contribution in [2.75, 3.05) is 6.54 Å². The van der Waals surface area contributed by atoms with E-state index in [-0.39, 0.29) is 11.4 Å². The molecule has 1 amide bonds. The van der Waals surface area contributed by atoms with Crippen LogP contribution in [0.3, 0.4) is 0 Å². The van der Waals surface area contributed by atoms with Gasteiger partial charge in [0.2, 0.25) is 5.91 Å². The molecule has 0 spiro atoms. The van der Waals surface area contributed by atoms with E-state index >= 15 is 0 Å². The van der Waals surface area contributed by atoms with Gasteiger partial charge in [-0.1, -0.05) is 58.3 Å². The maximum absolute atomic E-state index is 11.7. The Morgan fingerprint density at radius 2 is 1.53 bits per heavy atom. The molecule has 0 bridgehead atoms. The molecule has 0 aromatic heterocycles. The summed E-state index contributed by atoms with van der Waals surface area (Å²) in [7, 11) is 0. The molecule has 1 rings (SSSR count). The zero-order valence-corrected chi connectivity index (χ0v) is 12.7. The molecule has 0 aromatic carbocycles. The van der Waals surface area contributed by atoms with Crippen molar-refractivity contribution >= 4 is 5.91 Å². The fourth-order valence-corrected chi connectivity index (χ4v) is 2.49. The van der Waals surface area contributed by atoms with Crippen molar-refractivity contribution in [3.05, 3.63) is 0 Å². The summed E-state index contributed by atoms with van der Waals surface area (Å²) in [6.45, 7) is 2.85. The number of nitrogens with one attached hydrogen (secondary N) is 1. The minimum Gasteiger partial charge on any atom is -0.349 e. The Hall–Kier alpha value is -0.570. The molecule has 112 valence electrons. The van der Waals surface area contributed by atoms with Gasteiger partial charge in [0, 0.05) is 13.0 Å². The third-order valence-electron chi connectivity index (χ3n) is 4.16. The SMILES string of the molecule is CCCCCCCCCCCC(=O)NC1(CN)CC1. The maximum Gasteiger partial charge on any atom is 0.220 e. The standard InChI is InChI=1S/C16H32N2O/c1-2-3-4-5-6-7-8-9-10-11-15(19)18-16(14-17)12-13-16/h2-14,17H2,1H3,(H,18,19). The van der Waals surface area contributed by atoms with Gasteiger partial charge in [-0.3, -0.25) is 4.79 Å². The molecule has 0 aromatic rings. The van der Waals surface area contributed by atoms with Gasteiger partial charge in [0.1, 0.15) is 0 Å². The lowest BCUT2D eigenvalue weighted by Gasteiger charge is -2.14. The zero-order valence-electron chi connectivity index (χ0n) is 12.7. The van der Waals surface area contributed by atoms with E-state index in [1.165, 1.54) is 51.4 Å². The number of nitrogens with two attached hydrogens (primary N) is 1. The van der Waals surface area contributed by atoms with Crippen molar-refractivity contribution in [2.24, 2.45) is 5.73 Å². The van der Waals surface area contributed by atoms with Gasteiger partial charge in [0.15, 0.2) is 0 Å². The highest BCUT2D eigenvalue weighted by Gasteiger charge is 2.42. The Bertz CT molecular complexity index is 249. The van der Waals surface area contributed by atoms with Crippen molar-refractivity contribution in [1.82, 2.24) is 5.32 Å². The highest BCUT2D eigenvalue weighted by molar-refractivity contribution is 5.77. The topological polar surface area (TPSA) is 55.1 Å². The van der Waals surface area contributed by atoms with Gasteiger partial charge >= 0.3 is 0 Å². The molecule has 1 aliphatic carbocycles. The van der Waals surface area contributed by atoms with Crippen LogP contribution in [-0.4, -0.2) is 18.0 Å². The van der Waals surface area contributed by atoms with E-state index in [9.17, 15) is 4.79 Å². The lowest BCUT2D eigenvalue weighted by atomic mass is 10.1. The van der Waals surface area contributed by atoms with Gasteiger partial charge in [-0.25, -0.2) is 0 Å². The molecule has 19 heavy (non-hydrogen) atoms. The maximum atomic E-state index is 11.7. The highest BCUT2D eigenvalue weighted by Crippen LogP contribution is 2.33. The first-order valence-electron chi connectivity index (χ1n) is 8.23. The van der Waals surface area contributed by atoms with Gasteiger partial charge in [-0.2, -0.15) is 0 Å². The molecule has 1 aliphatic rings. The van der Waals surface area contributed by atoms with Crippen LogP contribution in [0.5, 0.6) is 0 Å². The van der Waals surface area contributed by atoms with Crippen LogP contribution in [0.2, 0.25) is 0 Å². The average Bonchev–Trinajstić information content (AvgIpc) is 3.17. The normalized spacial score (nSPS) is 16.3. The minimum absolute atomic E-state index is 0.0175. The predicted molar refractivity (Wildman–Crippen MR) is 81.0 cm³/mol. The largest absolute Gasteiger partial charge is 0.349 e. The first-order valence-corrected chi connectivity index (χ1v) is 8.23. The second-order valence-corrected chi connectivity index (χ2v) is 6.11. The number of hydrogen-bond donors (Lipinski definition) is 2. The molecule has 0 atom stereocenters. The van der Waals surface area contributed by atoms with Crippen LogP contribution in [0, 0.1) is 0 Å². The summed E-state index contributed by atoms with van der Waals surface area (Å²) in [6, 6.07) is 0. The van der Waals surface area contributed by atoms with E-state index in [0.717, 1.165) is 19.3 Å². The lowest BCUT2D eigenvalue weighted by molar-refractivity contribution is -0.122. The highest BCUT2D eigenvalue weighted by atomic mass is 16.1. The minimum atomic E-state index is -0.0175. The number of amides is 1. The fraction of sp³-hybridized carbons (Fsp3) is 0.938. The number of carbonyl (C=O) groups excluding carboxylic acids is 1. The van der Waals surface area contributed by atoms with Crippen molar-refractivity contribution in [1.29, 1.82) is 0 Å². The predicted octanol–water partition coefficient (Wildman–Crippen LogP) is 3.51. The molecule has 1 fully saturated rings. The summed E-state index contributed by atoms with van der Waals surface area (Å²) in [5, 5.41) is 3.08. The van der Waals surface area contributed by atoms with E-state index in [1.807, 2.05) is 0 Å². The zero-order chi connectivity index (χ0) is 14.0. The van der Waals surface area contributed by atoms with Crippen molar-refractivity contribution in [3.8, 4) is 0 Å². The van der Waals surface area contributed by atoms with Crippen LogP contribution in [-0.2, 0) is 4.79 Å². The fourth-order valence-electron chi connectivity index (χ4n) is 2.49. The van der Waals surface area contributed by atoms with E-state index < -0.39 is 0 Å². The van der Waals surface area contributed by atoms with Gasteiger partial charge < -0.3 is 11.1 Å². The number of carbonyl (C=O) groups is 1. The second-order valence-electron chi connectivity index (χ2n) is 6.11. The molecular weight excluding hydrogens is 236 g/mol. The molecule has 0 unspecified atom stereocenters. The molecule has 3 N–H and O–H groups in total. The Morgan fingerprint density at radius 3 is 2.00 bits per heavy atom. The summed E-state index contributed by atoms with van der Waals surface area (Å²) in [4.78, 5) is 11.7. The number of unbranched alkanes of at least 4 members (excludes halogenated alkanes) is 8. The Labute approximate surface area is 118 Å². The third-order valence-corrected chi connectivity index (χ3v) is 4.16. The number of hydrogen-bond acceptors (Lipinski definition) is 2. The third kappa shape index (κ3) is 7.56. The second kappa shape index (κ2) is 9.35. The van der Waals surface area contributed by atoms with Crippen LogP contribution in [0.4, 0.5) is 0 Å². The smallest absolute Gasteiger partial charge is 0.220 e. The molecule has 0 saturated heterocycles. The molecule has 1 saturated carbocycles. The van der Waals surface area contributed by atoms with E-state index in [4.69, 9.17) is 5.73 Å². The summed E-state index contributed by atoms with van der Waals surface area (Å²) < 4.78 is 0. The van der Waals surface area contributed by atoms with Gasteiger partial charge in [-0.05, 0) is 19.3 Å². The van der Waals surface area contributed by atoms with Crippen LogP contribution < -0.4 is 11.1 Å². The van der Waals surface area contributed by atoms with E-state index in [1.54, 1.807) is 0 Å². The van der Waals surface area contributed by atoms with Gasteiger partial charge in [0.05, 0.1) is 5.54 Å². The Morgan fingerprint density at radius 1 is 1.00 bits per heavy atom. The van der Waals surface area contributed by atoms with Crippen molar-refractivity contribution < 1.29 is 4.79 Å². The number of rotatable bonds is 12. The molecule has 3 nitrogen and oxygen atoms in total. The Kier molecular flexibility index (Phi) is 8.11. The molecular formula is C16H32N2O. The van der Waals surface area contributed by atoms with Crippen LogP contribution in [0.15, 0.2) is 0 Å². The monoisotopic (exact) mass is 268 g/mol. The summed E-state index contributed by atoms with van der Waals surface area (Å²) in [6.07, 6.45) is 14.5. The molecule has 0 radical (unpaired) electrons. The average molecular weight is 268 g/mol. The van der Waals surface area contributed by atoms with Gasteiger partial charge in [-0.15, -0.1) is 0 Å². The molecule has 0 aliphatic heterocycles. The molecule has 0 heterocycles. The summed E-state index contributed by atoms with van der Waals surface area (Å²) in [5.41, 5.74) is 5.63. The van der Waals surface area contributed by atoms with E-state index in [2.05, 4.69) is 12.2 Å². The lowest BCUT2D eigenvalue weighted by Crippen LogP contribution is -2.42. The summed E-state index contributed by atoms with van der Waals surface area (Å²) >= 11 is 0. The quantitative estimate of drug-likeness (QED) is 0.532. The summed E-state index contributed by atoms with van der Waals surface area (Å²) in [5.74, 6) is 0.200. The van der Waals surface area contributed by atoms with Crippen molar-refractivity contribution in [2.45, 2.75) is 89.5 Å². The first-order chi connectivity index (χ1) is 9.22. The van der Waals surface area contributed by atoms with Crippen LogP contribution in [0.1, 0.15) is 84.0 Å². The van der Waals surface area contributed by atoms with Crippen LogP contribution in [0.25, 0.3) is 0 Å². The molecule has 3 heteroatoms. The van der Waals surface area contributed by atoms with E-state index in [0.29, 0.717) is 13.0 Å². The van der Waals surface area contributed by atoms with Crippen LogP contribution >= 0.6 is 0 Å². The first kappa shape index (κ1) is 16.5. The van der Waals surface area contributed by atoms with Crippen molar-refractivity contribution in [3.63, 3.8) is 0 Å².